The van der Waals surface area contributed by atoms with Gasteiger partial charge in [0.05, 0.1) is 17.6 Å². The Morgan fingerprint density at radius 2 is 1.84 bits per heavy atom. The number of benzene rings is 2. The summed E-state index contributed by atoms with van der Waals surface area (Å²) in [7, 11) is 0. The highest BCUT2D eigenvalue weighted by Gasteiger charge is 2.07. The number of aliphatic carboxylic acids is 1. The minimum atomic E-state index is -0.821. The van der Waals surface area contributed by atoms with Gasteiger partial charge in [-0.15, -0.1) is 0 Å². The molecule has 0 saturated carbocycles. The summed E-state index contributed by atoms with van der Waals surface area (Å²) in [6.07, 6.45) is 0.0432. The monoisotopic (exact) mass is 252 g/mol. The first-order chi connectivity index (χ1) is 9.24. The first kappa shape index (κ1) is 11.5. The van der Waals surface area contributed by atoms with Crippen molar-refractivity contribution in [1.29, 1.82) is 0 Å². The van der Waals surface area contributed by atoms with E-state index in [2.05, 4.69) is 10.2 Å². The van der Waals surface area contributed by atoms with Gasteiger partial charge in [0.2, 0.25) is 0 Å². The smallest absolute Gasteiger partial charge is 0.307 e. The van der Waals surface area contributed by atoms with Crippen molar-refractivity contribution >= 4 is 16.9 Å². The van der Waals surface area contributed by atoms with Crippen molar-refractivity contribution < 1.29 is 9.90 Å². The second kappa shape index (κ2) is 4.57. The van der Waals surface area contributed by atoms with Crippen molar-refractivity contribution in [2.24, 2.45) is 0 Å². The van der Waals surface area contributed by atoms with E-state index in [1.807, 2.05) is 48.5 Å². The molecular weight excluding hydrogens is 240 g/mol. The minimum absolute atomic E-state index is 0.0432. The molecule has 0 saturated heterocycles. The number of hydrogen-bond donors (Lipinski definition) is 2. The number of nitrogens with one attached hydrogen (secondary N) is 1. The van der Waals surface area contributed by atoms with E-state index in [0.717, 1.165) is 27.7 Å². The zero-order valence-electron chi connectivity index (χ0n) is 10.1. The van der Waals surface area contributed by atoms with Gasteiger partial charge in [-0.05, 0) is 11.6 Å². The predicted octanol–water partition coefficient (Wildman–Crippen LogP) is 2.86. The van der Waals surface area contributed by atoms with Crippen LogP contribution >= 0.6 is 0 Å². The number of carboxylic acid groups (broad SMARTS) is 1. The number of rotatable bonds is 3. The average Bonchev–Trinajstić information content (AvgIpc) is 2.83. The molecule has 0 fully saturated rings. The summed E-state index contributed by atoms with van der Waals surface area (Å²) in [5.74, 6) is -0.821. The number of carbonyl (C=O) groups is 1. The van der Waals surface area contributed by atoms with Crippen LogP contribution in [0.2, 0.25) is 0 Å². The van der Waals surface area contributed by atoms with Crippen LogP contribution in [0.15, 0.2) is 48.5 Å². The predicted molar refractivity (Wildman–Crippen MR) is 72.9 cm³/mol. The van der Waals surface area contributed by atoms with E-state index in [9.17, 15) is 4.79 Å². The van der Waals surface area contributed by atoms with Crippen molar-refractivity contribution in [2.45, 2.75) is 6.42 Å². The van der Waals surface area contributed by atoms with E-state index in [-0.39, 0.29) is 6.42 Å². The summed E-state index contributed by atoms with van der Waals surface area (Å²) < 4.78 is 0. The molecule has 1 aromatic heterocycles. The maximum Gasteiger partial charge on any atom is 0.307 e. The number of para-hydroxylation sites is 1. The Morgan fingerprint density at radius 3 is 2.58 bits per heavy atom. The van der Waals surface area contributed by atoms with Gasteiger partial charge in [0.15, 0.2) is 0 Å². The Labute approximate surface area is 109 Å². The van der Waals surface area contributed by atoms with Gasteiger partial charge < -0.3 is 5.11 Å². The second-order valence-corrected chi connectivity index (χ2v) is 4.39. The van der Waals surface area contributed by atoms with Gasteiger partial charge in [0.1, 0.15) is 0 Å². The molecule has 4 heteroatoms. The summed E-state index contributed by atoms with van der Waals surface area (Å²) in [4.78, 5) is 10.6. The van der Waals surface area contributed by atoms with Gasteiger partial charge in [0.25, 0.3) is 0 Å². The van der Waals surface area contributed by atoms with Crippen LogP contribution in [0.4, 0.5) is 0 Å². The maximum atomic E-state index is 10.6. The second-order valence-electron chi connectivity index (χ2n) is 4.39. The van der Waals surface area contributed by atoms with Crippen LogP contribution in [-0.4, -0.2) is 21.3 Å². The fourth-order valence-corrected chi connectivity index (χ4v) is 2.14. The summed E-state index contributed by atoms with van der Waals surface area (Å²) in [5, 5.41) is 17.1. The largest absolute Gasteiger partial charge is 0.481 e. The van der Waals surface area contributed by atoms with Crippen LogP contribution in [0.25, 0.3) is 22.2 Å². The van der Waals surface area contributed by atoms with E-state index in [1.165, 1.54) is 0 Å². The van der Waals surface area contributed by atoms with Crippen molar-refractivity contribution in [3.8, 4) is 11.3 Å². The lowest BCUT2D eigenvalue weighted by Gasteiger charge is -2.00. The number of H-pyrrole nitrogens is 1. The van der Waals surface area contributed by atoms with Gasteiger partial charge in [-0.3, -0.25) is 9.89 Å². The molecule has 94 valence electrons. The first-order valence-corrected chi connectivity index (χ1v) is 5.98. The van der Waals surface area contributed by atoms with Crippen LogP contribution in [0, 0.1) is 0 Å². The van der Waals surface area contributed by atoms with Crippen LogP contribution in [0.5, 0.6) is 0 Å². The van der Waals surface area contributed by atoms with Crippen LogP contribution in [0.1, 0.15) is 5.56 Å². The molecule has 3 aromatic rings. The third kappa shape index (κ3) is 2.20. The number of aromatic amines is 1. The molecule has 0 spiro atoms. The number of aromatic nitrogens is 2. The molecule has 0 aliphatic heterocycles. The lowest BCUT2D eigenvalue weighted by molar-refractivity contribution is -0.136. The molecule has 0 radical (unpaired) electrons. The molecule has 2 N–H and O–H groups in total. The fourth-order valence-electron chi connectivity index (χ4n) is 2.14. The molecular formula is C15H12N2O2. The number of hydrogen-bond acceptors (Lipinski definition) is 2. The van der Waals surface area contributed by atoms with Crippen molar-refractivity contribution in [1.82, 2.24) is 10.2 Å². The Hall–Kier alpha value is -2.62. The molecule has 0 atom stereocenters. The van der Waals surface area contributed by atoms with Gasteiger partial charge >= 0.3 is 5.97 Å². The molecule has 0 aliphatic rings. The molecule has 0 bridgehead atoms. The highest BCUT2D eigenvalue weighted by molar-refractivity contribution is 5.92. The van der Waals surface area contributed by atoms with Gasteiger partial charge in [-0.2, -0.15) is 5.10 Å². The standard InChI is InChI=1S/C15H12N2O2/c18-14(19)9-10-5-7-11(8-6-10)15-12-3-1-2-4-13(12)16-17-15/h1-8H,9H2,(H,16,17)(H,18,19). The normalized spacial score (nSPS) is 10.7. The molecule has 0 aliphatic carbocycles. The van der Waals surface area contributed by atoms with Crippen molar-refractivity contribution in [3.63, 3.8) is 0 Å². The molecule has 2 aromatic carbocycles. The lowest BCUT2D eigenvalue weighted by Crippen LogP contribution is -1.99. The zero-order valence-corrected chi connectivity index (χ0v) is 10.1. The number of fused-ring (bicyclic) bond motifs is 1. The minimum Gasteiger partial charge on any atom is -0.481 e. The highest BCUT2D eigenvalue weighted by Crippen LogP contribution is 2.26. The van der Waals surface area contributed by atoms with E-state index < -0.39 is 5.97 Å². The Balaban J connectivity index is 2.00. The first-order valence-electron chi connectivity index (χ1n) is 5.98. The highest BCUT2D eigenvalue weighted by atomic mass is 16.4. The Kier molecular flexibility index (Phi) is 2.76. The molecule has 0 unspecified atom stereocenters. The number of carboxylic acids is 1. The molecule has 4 nitrogen and oxygen atoms in total. The SMILES string of the molecule is O=C(O)Cc1ccc(-c2n[nH]c3ccccc23)cc1. The van der Waals surface area contributed by atoms with Crippen LogP contribution < -0.4 is 0 Å². The Morgan fingerprint density at radius 1 is 1.11 bits per heavy atom. The average molecular weight is 252 g/mol. The summed E-state index contributed by atoms with van der Waals surface area (Å²) >= 11 is 0. The van der Waals surface area contributed by atoms with E-state index in [0.29, 0.717) is 0 Å². The summed E-state index contributed by atoms with van der Waals surface area (Å²) in [5.41, 5.74) is 3.65. The quantitative estimate of drug-likeness (QED) is 0.753. The molecule has 19 heavy (non-hydrogen) atoms. The third-order valence-electron chi connectivity index (χ3n) is 3.05. The van der Waals surface area contributed by atoms with Crippen molar-refractivity contribution in [2.75, 3.05) is 0 Å². The molecule has 0 amide bonds. The maximum absolute atomic E-state index is 10.6. The van der Waals surface area contributed by atoms with E-state index in [1.54, 1.807) is 0 Å². The van der Waals surface area contributed by atoms with Gasteiger partial charge in [-0.1, -0.05) is 42.5 Å². The molecule has 3 rings (SSSR count). The van der Waals surface area contributed by atoms with Gasteiger partial charge in [-0.25, -0.2) is 0 Å². The molecule has 1 heterocycles. The number of nitrogens with zero attached hydrogens (tertiary/aromatic N) is 1. The van der Waals surface area contributed by atoms with Crippen LogP contribution in [-0.2, 0) is 11.2 Å². The summed E-state index contributed by atoms with van der Waals surface area (Å²) in [6.45, 7) is 0. The zero-order chi connectivity index (χ0) is 13.2. The fraction of sp³-hybridized carbons (Fsp3) is 0.0667. The summed E-state index contributed by atoms with van der Waals surface area (Å²) in [6, 6.07) is 15.4. The topological polar surface area (TPSA) is 66.0 Å². The van der Waals surface area contributed by atoms with Crippen LogP contribution in [0.3, 0.4) is 0 Å². The van der Waals surface area contributed by atoms with E-state index in [4.69, 9.17) is 5.11 Å². The van der Waals surface area contributed by atoms with Crippen molar-refractivity contribution in [3.05, 3.63) is 54.1 Å². The third-order valence-corrected chi connectivity index (χ3v) is 3.05. The van der Waals surface area contributed by atoms with E-state index >= 15 is 0 Å². The van der Waals surface area contributed by atoms with Gasteiger partial charge in [0, 0.05) is 10.9 Å². The Bertz CT molecular complexity index is 729. The lowest BCUT2D eigenvalue weighted by atomic mass is 10.0.